The smallest absolute Gasteiger partial charge is 0.119 e. The molecule has 0 bridgehead atoms. The summed E-state index contributed by atoms with van der Waals surface area (Å²) in [6, 6.07) is 8.29. The van der Waals surface area contributed by atoms with Gasteiger partial charge in [0.25, 0.3) is 0 Å². The van der Waals surface area contributed by atoms with Crippen LogP contribution in [-0.2, 0) is 12.8 Å². The number of nitrogens with zero attached hydrogens (tertiary/aromatic N) is 1. The Morgan fingerprint density at radius 2 is 2.26 bits per heavy atom. The van der Waals surface area contributed by atoms with Crippen molar-refractivity contribution in [3.63, 3.8) is 0 Å². The first-order valence-electron chi connectivity index (χ1n) is 6.46. The Labute approximate surface area is 118 Å². The SMILES string of the molecule is COc1cccc(CC(N)CCc2scnc2C)c1. The molecule has 2 N–H and O–H groups in total. The standard InChI is InChI=1S/C15H20N2OS/c1-11-15(19-10-17-11)7-6-13(16)8-12-4-3-5-14(9-12)18-2/h3-5,9-10,13H,6-8,16H2,1-2H3. The van der Waals surface area contributed by atoms with Crippen LogP contribution >= 0.6 is 11.3 Å². The summed E-state index contributed by atoms with van der Waals surface area (Å²) >= 11 is 1.72. The van der Waals surface area contributed by atoms with Crippen LogP contribution < -0.4 is 10.5 Å². The highest BCUT2D eigenvalue weighted by Gasteiger charge is 2.08. The van der Waals surface area contributed by atoms with Gasteiger partial charge >= 0.3 is 0 Å². The van der Waals surface area contributed by atoms with E-state index in [1.165, 1.54) is 10.4 Å². The maximum atomic E-state index is 6.21. The molecule has 1 heterocycles. The van der Waals surface area contributed by atoms with E-state index in [2.05, 4.69) is 24.0 Å². The van der Waals surface area contributed by atoms with Crippen molar-refractivity contribution in [1.29, 1.82) is 0 Å². The Balaban J connectivity index is 1.87. The average Bonchev–Trinajstić information content (AvgIpc) is 2.82. The van der Waals surface area contributed by atoms with Crippen LogP contribution in [0.1, 0.15) is 22.6 Å². The van der Waals surface area contributed by atoms with E-state index in [1.807, 2.05) is 17.6 Å². The third-order valence-corrected chi connectivity index (χ3v) is 4.21. The molecule has 0 aliphatic rings. The summed E-state index contributed by atoms with van der Waals surface area (Å²) in [5.74, 6) is 0.892. The second-order valence-corrected chi connectivity index (χ2v) is 5.65. The van der Waals surface area contributed by atoms with Crippen LogP contribution in [0.25, 0.3) is 0 Å². The van der Waals surface area contributed by atoms with Gasteiger partial charge in [0.15, 0.2) is 0 Å². The van der Waals surface area contributed by atoms with E-state index in [1.54, 1.807) is 18.4 Å². The zero-order valence-electron chi connectivity index (χ0n) is 11.4. The molecule has 2 aromatic rings. The van der Waals surface area contributed by atoms with Crippen molar-refractivity contribution in [3.8, 4) is 5.75 Å². The highest BCUT2D eigenvalue weighted by molar-refractivity contribution is 7.09. The van der Waals surface area contributed by atoms with Crippen molar-refractivity contribution in [1.82, 2.24) is 4.98 Å². The number of hydrogen-bond acceptors (Lipinski definition) is 4. The zero-order chi connectivity index (χ0) is 13.7. The molecule has 0 saturated heterocycles. The number of benzene rings is 1. The van der Waals surface area contributed by atoms with Crippen LogP contribution in [0.15, 0.2) is 29.8 Å². The predicted octanol–water partition coefficient (Wildman–Crippen LogP) is 2.96. The molecule has 0 aliphatic heterocycles. The Bertz CT molecular complexity index is 524. The average molecular weight is 276 g/mol. The Morgan fingerprint density at radius 3 is 2.95 bits per heavy atom. The lowest BCUT2D eigenvalue weighted by atomic mass is 10.0. The Hall–Kier alpha value is -1.39. The zero-order valence-corrected chi connectivity index (χ0v) is 12.2. The van der Waals surface area contributed by atoms with Crippen molar-refractivity contribution in [2.24, 2.45) is 5.73 Å². The molecule has 1 atom stereocenters. The third-order valence-electron chi connectivity index (χ3n) is 3.22. The molecule has 4 heteroatoms. The van der Waals surface area contributed by atoms with Gasteiger partial charge in [0, 0.05) is 10.9 Å². The normalized spacial score (nSPS) is 12.4. The van der Waals surface area contributed by atoms with Crippen LogP contribution in [0, 0.1) is 6.92 Å². The lowest BCUT2D eigenvalue weighted by Crippen LogP contribution is -2.23. The van der Waals surface area contributed by atoms with Crippen LogP contribution in [0.2, 0.25) is 0 Å². The van der Waals surface area contributed by atoms with Crippen LogP contribution in [0.3, 0.4) is 0 Å². The molecule has 1 aromatic carbocycles. The van der Waals surface area contributed by atoms with Gasteiger partial charge < -0.3 is 10.5 Å². The summed E-state index contributed by atoms with van der Waals surface area (Å²) in [7, 11) is 1.69. The summed E-state index contributed by atoms with van der Waals surface area (Å²) in [5.41, 5.74) is 10.5. The van der Waals surface area contributed by atoms with Crippen molar-refractivity contribution in [2.45, 2.75) is 32.2 Å². The molecule has 0 saturated carbocycles. The van der Waals surface area contributed by atoms with Gasteiger partial charge in [-0.25, -0.2) is 4.98 Å². The Kier molecular flexibility index (Phi) is 4.93. The highest BCUT2D eigenvalue weighted by atomic mass is 32.1. The van der Waals surface area contributed by atoms with E-state index < -0.39 is 0 Å². The first kappa shape index (κ1) is 14.0. The molecular weight excluding hydrogens is 256 g/mol. The fourth-order valence-electron chi connectivity index (χ4n) is 2.09. The topological polar surface area (TPSA) is 48.1 Å². The number of nitrogens with two attached hydrogens (primary N) is 1. The summed E-state index contributed by atoms with van der Waals surface area (Å²) in [4.78, 5) is 5.61. The summed E-state index contributed by atoms with van der Waals surface area (Å²) in [6.07, 6.45) is 2.89. The van der Waals surface area contributed by atoms with Crippen LogP contribution in [0.5, 0.6) is 5.75 Å². The lowest BCUT2D eigenvalue weighted by Gasteiger charge is -2.12. The fourth-order valence-corrected chi connectivity index (χ4v) is 2.88. The van der Waals surface area contributed by atoms with E-state index in [9.17, 15) is 0 Å². The third kappa shape index (κ3) is 4.04. The van der Waals surface area contributed by atoms with Gasteiger partial charge in [-0.1, -0.05) is 12.1 Å². The van der Waals surface area contributed by atoms with Gasteiger partial charge in [-0.15, -0.1) is 11.3 Å². The lowest BCUT2D eigenvalue weighted by molar-refractivity contribution is 0.414. The molecule has 102 valence electrons. The molecule has 19 heavy (non-hydrogen) atoms. The number of rotatable bonds is 6. The molecule has 2 rings (SSSR count). The van der Waals surface area contributed by atoms with Crippen molar-refractivity contribution >= 4 is 11.3 Å². The first-order chi connectivity index (χ1) is 9.19. The minimum Gasteiger partial charge on any atom is -0.497 e. The second-order valence-electron chi connectivity index (χ2n) is 4.72. The molecule has 0 spiro atoms. The van der Waals surface area contributed by atoms with Crippen LogP contribution in [-0.4, -0.2) is 18.1 Å². The molecule has 3 nitrogen and oxygen atoms in total. The van der Waals surface area contributed by atoms with E-state index in [0.29, 0.717) is 0 Å². The second kappa shape index (κ2) is 6.68. The number of methoxy groups -OCH3 is 1. The van der Waals surface area contributed by atoms with E-state index >= 15 is 0 Å². The maximum Gasteiger partial charge on any atom is 0.119 e. The molecule has 1 aromatic heterocycles. The van der Waals surface area contributed by atoms with E-state index in [-0.39, 0.29) is 6.04 Å². The van der Waals surface area contributed by atoms with Crippen LogP contribution in [0.4, 0.5) is 0 Å². The van der Waals surface area contributed by atoms with Gasteiger partial charge in [0.1, 0.15) is 5.75 Å². The predicted molar refractivity (Wildman–Crippen MR) is 79.8 cm³/mol. The summed E-state index contributed by atoms with van der Waals surface area (Å²) < 4.78 is 5.22. The largest absolute Gasteiger partial charge is 0.497 e. The highest BCUT2D eigenvalue weighted by Crippen LogP contribution is 2.17. The van der Waals surface area contributed by atoms with Gasteiger partial charge in [-0.05, 0) is 43.9 Å². The summed E-state index contributed by atoms with van der Waals surface area (Å²) in [5, 5.41) is 0. The first-order valence-corrected chi connectivity index (χ1v) is 7.34. The van der Waals surface area contributed by atoms with Gasteiger partial charge in [-0.3, -0.25) is 0 Å². The molecule has 0 fully saturated rings. The van der Waals surface area contributed by atoms with E-state index in [4.69, 9.17) is 10.5 Å². The Morgan fingerprint density at radius 1 is 1.42 bits per heavy atom. The number of aryl methyl sites for hydroxylation is 2. The van der Waals surface area contributed by atoms with Crippen molar-refractivity contribution in [2.75, 3.05) is 7.11 Å². The molecule has 0 amide bonds. The quantitative estimate of drug-likeness (QED) is 0.882. The van der Waals surface area contributed by atoms with Crippen molar-refractivity contribution < 1.29 is 4.74 Å². The van der Waals surface area contributed by atoms with Gasteiger partial charge in [0.2, 0.25) is 0 Å². The van der Waals surface area contributed by atoms with Gasteiger partial charge in [0.05, 0.1) is 18.3 Å². The maximum absolute atomic E-state index is 6.21. The number of ether oxygens (including phenoxy) is 1. The monoisotopic (exact) mass is 276 g/mol. The van der Waals surface area contributed by atoms with Gasteiger partial charge in [-0.2, -0.15) is 0 Å². The molecular formula is C15H20N2OS. The summed E-state index contributed by atoms with van der Waals surface area (Å²) in [6.45, 7) is 2.05. The van der Waals surface area contributed by atoms with E-state index in [0.717, 1.165) is 30.7 Å². The minimum atomic E-state index is 0.175. The number of aromatic nitrogens is 1. The number of thiazole rings is 1. The fraction of sp³-hybridized carbons (Fsp3) is 0.400. The molecule has 0 aliphatic carbocycles. The van der Waals surface area contributed by atoms with Crippen molar-refractivity contribution in [3.05, 3.63) is 45.9 Å². The molecule has 0 radical (unpaired) electrons. The number of hydrogen-bond donors (Lipinski definition) is 1. The molecule has 1 unspecified atom stereocenters. The minimum absolute atomic E-state index is 0.175.